The number of hydrogen-bond donors (Lipinski definition) is 1. The van der Waals surface area contributed by atoms with Crippen LogP contribution in [-0.2, 0) is 6.42 Å². The molecule has 0 saturated carbocycles. The number of benzene rings is 1. The third-order valence-corrected chi connectivity index (χ3v) is 5.86. The van der Waals surface area contributed by atoms with Crippen LogP contribution in [0.4, 0.5) is 0 Å². The Morgan fingerprint density at radius 3 is 1.35 bits per heavy atom. The van der Waals surface area contributed by atoms with Gasteiger partial charge in [-0.1, -0.05) is 136 Å². The van der Waals surface area contributed by atoms with E-state index in [-0.39, 0.29) is 49.0 Å². The predicted molar refractivity (Wildman–Crippen MR) is 148 cm³/mol. The summed E-state index contributed by atoms with van der Waals surface area (Å²) in [6.07, 6.45) is 24.3. The van der Waals surface area contributed by atoms with Gasteiger partial charge >= 0.3 is 23.1 Å². The SMILES string of the molecule is CCCCCCCCCCCCCCCCCCc1ccccc1[C-](C)C.Cl.N.[CH3-].[Mg+2]. The third kappa shape index (κ3) is 21.7. The average Bonchev–Trinajstić information content (AvgIpc) is 2.68. The normalized spacial score (nSPS) is 9.65. The minimum atomic E-state index is 0. The van der Waals surface area contributed by atoms with Gasteiger partial charge in [-0.05, 0) is 0 Å². The van der Waals surface area contributed by atoms with E-state index in [0.717, 1.165) is 0 Å². The molecule has 0 aromatic heterocycles. The molecule has 3 heteroatoms. The van der Waals surface area contributed by atoms with Crippen molar-refractivity contribution in [2.24, 2.45) is 0 Å². The summed E-state index contributed by atoms with van der Waals surface area (Å²) in [5.41, 5.74) is 3.02. The molecule has 0 radical (unpaired) electrons. The number of rotatable bonds is 18. The first-order valence-electron chi connectivity index (χ1n) is 12.1. The van der Waals surface area contributed by atoms with Crippen molar-refractivity contribution in [3.8, 4) is 0 Å². The summed E-state index contributed by atoms with van der Waals surface area (Å²) in [6, 6.07) is 8.94. The summed E-state index contributed by atoms with van der Waals surface area (Å²) < 4.78 is 0. The summed E-state index contributed by atoms with van der Waals surface area (Å²) in [5.74, 6) is 1.45. The molecule has 31 heavy (non-hydrogen) atoms. The van der Waals surface area contributed by atoms with Gasteiger partial charge in [0.15, 0.2) is 0 Å². The van der Waals surface area contributed by atoms with Crippen molar-refractivity contribution < 1.29 is 0 Å². The molecule has 3 N–H and O–H groups in total. The molecule has 180 valence electrons. The zero-order chi connectivity index (χ0) is 19.6. The van der Waals surface area contributed by atoms with E-state index in [9.17, 15) is 0 Å². The van der Waals surface area contributed by atoms with Gasteiger partial charge in [0.1, 0.15) is 0 Å². The summed E-state index contributed by atoms with van der Waals surface area (Å²) in [6.45, 7) is 6.76. The fourth-order valence-electron chi connectivity index (χ4n) is 4.09. The summed E-state index contributed by atoms with van der Waals surface area (Å²) >= 11 is 0. The van der Waals surface area contributed by atoms with Crippen molar-refractivity contribution in [3.05, 3.63) is 48.7 Å². The molecule has 0 bridgehead atoms. The minimum absolute atomic E-state index is 0. The van der Waals surface area contributed by atoms with Gasteiger partial charge < -0.3 is 13.6 Å². The quantitative estimate of drug-likeness (QED) is 0.131. The minimum Gasteiger partial charge on any atom is -0.358 e. The fraction of sp³-hybridized carbons (Fsp3) is 0.714. The van der Waals surface area contributed by atoms with Crippen LogP contribution >= 0.6 is 12.4 Å². The monoisotopic (exact) mass is 463 g/mol. The fourth-order valence-corrected chi connectivity index (χ4v) is 4.09. The summed E-state index contributed by atoms with van der Waals surface area (Å²) in [7, 11) is 0. The van der Waals surface area contributed by atoms with Gasteiger partial charge in [0.05, 0.1) is 0 Å². The van der Waals surface area contributed by atoms with E-state index in [2.05, 4.69) is 45.0 Å². The Morgan fingerprint density at radius 1 is 0.613 bits per heavy atom. The van der Waals surface area contributed by atoms with Gasteiger partial charge in [0, 0.05) is 0 Å². The van der Waals surface area contributed by atoms with Gasteiger partial charge in [-0.25, -0.2) is 0 Å². The van der Waals surface area contributed by atoms with Crippen molar-refractivity contribution >= 4 is 35.5 Å². The number of aryl methyl sites for hydroxylation is 1. The largest absolute Gasteiger partial charge is 2.00 e. The van der Waals surface area contributed by atoms with Crippen LogP contribution in [0.1, 0.15) is 135 Å². The van der Waals surface area contributed by atoms with E-state index in [1.807, 2.05) is 0 Å². The van der Waals surface area contributed by atoms with Crippen molar-refractivity contribution in [2.45, 2.75) is 130 Å². The molecule has 0 aliphatic carbocycles. The average molecular weight is 465 g/mol. The van der Waals surface area contributed by atoms with E-state index in [0.29, 0.717) is 0 Å². The zero-order valence-electron chi connectivity index (χ0n) is 21.7. The molecule has 0 unspecified atom stereocenters. The molecule has 0 fully saturated rings. The smallest absolute Gasteiger partial charge is 0.358 e. The van der Waals surface area contributed by atoms with Crippen LogP contribution in [0.5, 0.6) is 0 Å². The number of unbranched alkanes of at least 4 members (excludes halogenated alkanes) is 15. The zero-order valence-corrected chi connectivity index (χ0v) is 23.9. The van der Waals surface area contributed by atoms with E-state index in [1.165, 1.54) is 121 Å². The van der Waals surface area contributed by atoms with Crippen molar-refractivity contribution in [3.63, 3.8) is 0 Å². The van der Waals surface area contributed by atoms with Crippen LogP contribution < -0.4 is 6.15 Å². The van der Waals surface area contributed by atoms with Crippen LogP contribution in [0.15, 0.2) is 24.3 Å². The van der Waals surface area contributed by atoms with Crippen LogP contribution in [0.2, 0.25) is 0 Å². The van der Waals surface area contributed by atoms with Crippen LogP contribution in [0.3, 0.4) is 0 Å². The molecule has 1 rings (SSSR count). The molecule has 0 atom stereocenters. The molecule has 1 nitrogen and oxygen atoms in total. The standard InChI is InChI=1S/C27H47.CH3.ClH.Mg.H3N/c1-4-5-6-7-8-9-10-11-12-13-14-15-16-17-18-19-22-26-23-20-21-24-27(26)25(2)3;;;;/h20-21,23-24H,4-19,22H2,1-3H3;1H3;1H;;1H3/q2*-1;;+2;. The topological polar surface area (TPSA) is 35.0 Å². The van der Waals surface area contributed by atoms with Gasteiger partial charge in [-0.2, -0.15) is 17.5 Å². The first kappa shape index (κ1) is 38.4. The van der Waals surface area contributed by atoms with Crippen LogP contribution in [-0.4, -0.2) is 23.1 Å². The van der Waals surface area contributed by atoms with Crippen LogP contribution in [0.25, 0.3) is 0 Å². The van der Waals surface area contributed by atoms with Gasteiger partial charge in [-0.15, -0.1) is 30.1 Å². The second-order valence-corrected chi connectivity index (χ2v) is 8.71. The van der Waals surface area contributed by atoms with Gasteiger partial charge in [-0.3, -0.25) is 0 Å². The molecule has 0 saturated heterocycles. The maximum atomic E-state index is 2.31. The Bertz CT molecular complexity index is 450. The first-order chi connectivity index (χ1) is 13.3. The van der Waals surface area contributed by atoms with Gasteiger partial charge in [0.2, 0.25) is 0 Å². The summed E-state index contributed by atoms with van der Waals surface area (Å²) in [5, 5.41) is 0. The molecule has 0 spiro atoms. The molecule has 1 aromatic rings. The molecule has 0 amide bonds. The Hall–Kier alpha value is 0.106. The molecule has 0 aliphatic rings. The molecule has 1 aromatic carbocycles. The third-order valence-electron chi connectivity index (χ3n) is 5.86. The first-order valence-corrected chi connectivity index (χ1v) is 12.1. The molecule has 0 heterocycles. The maximum Gasteiger partial charge on any atom is 2.00 e. The Morgan fingerprint density at radius 2 is 0.968 bits per heavy atom. The van der Waals surface area contributed by atoms with E-state index in [4.69, 9.17) is 0 Å². The molecular formula is C28H54ClMgN. The second-order valence-electron chi connectivity index (χ2n) is 8.71. The predicted octanol–water partition coefficient (Wildman–Crippen LogP) is 10.1. The van der Waals surface area contributed by atoms with Crippen molar-refractivity contribution in [2.75, 3.05) is 0 Å². The number of hydrogen-bond acceptors (Lipinski definition) is 1. The number of halogens is 1. The van der Waals surface area contributed by atoms with E-state index in [1.54, 1.807) is 5.56 Å². The maximum absolute atomic E-state index is 2.31. The van der Waals surface area contributed by atoms with Crippen molar-refractivity contribution in [1.29, 1.82) is 0 Å². The second kappa shape index (κ2) is 28.1. The van der Waals surface area contributed by atoms with Crippen molar-refractivity contribution in [1.82, 2.24) is 6.15 Å². The Kier molecular flexibility index (Phi) is 34.8. The Balaban J connectivity index is -0.000000911. The van der Waals surface area contributed by atoms with E-state index >= 15 is 0 Å². The molecule has 0 aliphatic heterocycles. The van der Waals surface area contributed by atoms with E-state index < -0.39 is 0 Å². The Labute approximate surface area is 219 Å². The van der Waals surface area contributed by atoms with Crippen LogP contribution in [0, 0.1) is 13.3 Å². The molecular weight excluding hydrogens is 410 g/mol. The summed E-state index contributed by atoms with van der Waals surface area (Å²) in [4.78, 5) is 0. The van der Waals surface area contributed by atoms with Gasteiger partial charge in [0.25, 0.3) is 0 Å².